The van der Waals surface area contributed by atoms with E-state index in [-0.39, 0.29) is 6.61 Å². The third-order valence-corrected chi connectivity index (χ3v) is 2.17. The molecule has 0 bridgehead atoms. The van der Waals surface area contributed by atoms with Crippen LogP contribution in [-0.2, 0) is 6.61 Å². The molecule has 84 valence electrons. The number of aliphatic hydroxyl groups excluding tert-OH is 1. The molecule has 4 nitrogen and oxygen atoms in total. The van der Waals surface area contributed by atoms with Gasteiger partial charge in [0.2, 0.25) is 0 Å². The van der Waals surface area contributed by atoms with E-state index in [4.69, 9.17) is 14.4 Å². The SMILES string of the molecule is CCOc1ccc(-c2cc(CO)no2)cc1. The normalized spacial score (nSPS) is 10.4. The van der Waals surface area contributed by atoms with Crippen LogP contribution < -0.4 is 4.74 Å². The second-order valence-corrected chi connectivity index (χ2v) is 3.30. The summed E-state index contributed by atoms with van der Waals surface area (Å²) in [6.07, 6.45) is 0. The smallest absolute Gasteiger partial charge is 0.167 e. The summed E-state index contributed by atoms with van der Waals surface area (Å²) in [5, 5.41) is 12.6. The van der Waals surface area contributed by atoms with E-state index in [1.54, 1.807) is 6.07 Å². The first kappa shape index (κ1) is 10.7. The van der Waals surface area contributed by atoms with Crippen molar-refractivity contribution in [3.05, 3.63) is 36.0 Å². The Labute approximate surface area is 93.5 Å². The Morgan fingerprint density at radius 3 is 2.62 bits per heavy atom. The number of aromatic nitrogens is 1. The Morgan fingerprint density at radius 1 is 1.31 bits per heavy atom. The molecule has 0 saturated heterocycles. The summed E-state index contributed by atoms with van der Waals surface area (Å²) in [4.78, 5) is 0. The maximum absolute atomic E-state index is 8.87. The first-order valence-electron chi connectivity index (χ1n) is 5.13. The number of nitrogens with zero attached hydrogens (tertiary/aromatic N) is 1. The van der Waals surface area contributed by atoms with Crippen molar-refractivity contribution < 1.29 is 14.4 Å². The van der Waals surface area contributed by atoms with Gasteiger partial charge >= 0.3 is 0 Å². The molecule has 4 heteroatoms. The Bertz CT molecular complexity index is 448. The Hall–Kier alpha value is -1.81. The number of ether oxygens (including phenoxy) is 1. The van der Waals surface area contributed by atoms with E-state index in [0.717, 1.165) is 11.3 Å². The van der Waals surface area contributed by atoms with Crippen molar-refractivity contribution in [2.24, 2.45) is 0 Å². The van der Waals surface area contributed by atoms with E-state index >= 15 is 0 Å². The summed E-state index contributed by atoms with van der Waals surface area (Å²) < 4.78 is 10.4. The molecule has 1 aromatic carbocycles. The Morgan fingerprint density at radius 2 is 2.06 bits per heavy atom. The first-order chi connectivity index (χ1) is 7.83. The van der Waals surface area contributed by atoms with Crippen LogP contribution in [0.1, 0.15) is 12.6 Å². The zero-order chi connectivity index (χ0) is 11.4. The van der Waals surface area contributed by atoms with Crippen LogP contribution in [0.3, 0.4) is 0 Å². The van der Waals surface area contributed by atoms with E-state index in [9.17, 15) is 0 Å². The number of hydrogen-bond donors (Lipinski definition) is 1. The van der Waals surface area contributed by atoms with Crippen molar-refractivity contribution >= 4 is 0 Å². The highest BCUT2D eigenvalue weighted by Crippen LogP contribution is 2.23. The van der Waals surface area contributed by atoms with Gasteiger partial charge in [-0.15, -0.1) is 0 Å². The molecule has 0 aliphatic rings. The van der Waals surface area contributed by atoms with E-state index in [1.165, 1.54) is 0 Å². The molecule has 0 unspecified atom stereocenters. The van der Waals surface area contributed by atoms with Crippen LogP contribution in [0.15, 0.2) is 34.9 Å². The fraction of sp³-hybridized carbons (Fsp3) is 0.250. The van der Waals surface area contributed by atoms with Gasteiger partial charge in [0.15, 0.2) is 5.76 Å². The Kier molecular flexibility index (Phi) is 3.22. The van der Waals surface area contributed by atoms with Gasteiger partial charge in [0, 0.05) is 11.6 Å². The lowest BCUT2D eigenvalue weighted by atomic mass is 10.1. The molecule has 0 fully saturated rings. The maximum Gasteiger partial charge on any atom is 0.167 e. The molecule has 0 amide bonds. The Balaban J connectivity index is 2.20. The van der Waals surface area contributed by atoms with Gasteiger partial charge in [-0.25, -0.2) is 0 Å². The molecule has 2 aromatic rings. The fourth-order valence-corrected chi connectivity index (χ4v) is 1.40. The monoisotopic (exact) mass is 219 g/mol. The van der Waals surface area contributed by atoms with Crippen molar-refractivity contribution in [2.75, 3.05) is 6.61 Å². The zero-order valence-corrected chi connectivity index (χ0v) is 9.01. The second-order valence-electron chi connectivity index (χ2n) is 3.30. The lowest BCUT2D eigenvalue weighted by molar-refractivity contribution is 0.267. The molecule has 0 aliphatic heterocycles. The van der Waals surface area contributed by atoms with Gasteiger partial charge in [-0.3, -0.25) is 0 Å². The fourth-order valence-electron chi connectivity index (χ4n) is 1.40. The zero-order valence-electron chi connectivity index (χ0n) is 9.01. The standard InChI is InChI=1S/C12H13NO3/c1-2-15-11-5-3-9(4-6-11)12-7-10(8-14)13-16-12/h3-7,14H,2,8H2,1H3. The van der Waals surface area contributed by atoms with Crippen molar-refractivity contribution in [3.63, 3.8) is 0 Å². The highest BCUT2D eigenvalue weighted by Gasteiger charge is 2.05. The summed E-state index contributed by atoms with van der Waals surface area (Å²) in [6.45, 7) is 2.48. The molecule has 0 aliphatic carbocycles. The topological polar surface area (TPSA) is 55.5 Å². The molecular formula is C12H13NO3. The van der Waals surface area contributed by atoms with Gasteiger partial charge in [-0.05, 0) is 31.2 Å². The molecule has 0 saturated carbocycles. The van der Waals surface area contributed by atoms with E-state index in [2.05, 4.69) is 5.16 Å². The van der Waals surface area contributed by atoms with Crippen LogP contribution in [-0.4, -0.2) is 16.9 Å². The number of rotatable bonds is 4. The predicted octanol–water partition coefficient (Wildman–Crippen LogP) is 2.23. The van der Waals surface area contributed by atoms with Crippen molar-refractivity contribution in [2.45, 2.75) is 13.5 Å². The first-order valence-corrected chi connectivity index (χ1v) is 5.13. The van der Waals surface area contributed by atoms with Gasteiger partial charge in [0.05, 0.1) is 13.2 Å². The summed E-state index contributed by atoms with van der Waals surface area (Å²) in [7, 11) is 0. The van der Waals surface area contributed by atoms with Crippen molar-refractivity contribution in [1.29, 1.82) is 0 Å². The lowest BCUT2D eigenvalue weighted by Crippen LogP contribution is -1.90. The summed E-state index contributed by atoms with van der Waals surface area (Å²) in [5.41, 5.74) is 1.44. The minimum Gasteiger partial charge on any atom is -0.494 e. The van der Waals surface area contributed by atoms with Gasteiger partial charge < -0.3 is 14.4 Å². The number of hydrogen-bond acceptors (Lipinski definition) is 4. The molecule has 1 aromatic heterocycles. The highest BCUT2D eigenvalue weighted by atomic mass is 16.5. The quantitative estimate of drug-likeness (QED) is 0.856. The third-order valence-electron chi connectivity index (χ3n) is 2.17. The van der Waals surface area contributed by atoms with Crippen LogP contribution in [0, 0.1) is 0 Å². The summed E-state index contributed by atoms with van der Waals surface area (Å²) >= 11 is 0. The summed E-state index contributed by atoms with van der Waals surface area (Å²) in [5.74, 6) is 1.47. The average molecular weight is 219 g/mol. The third kappa shape index (κ3) is 2.23. The molecule has 1 N–H and O–H groups in total. The molecule has 0 radical (unpaired) electrons. The van der Waals surface area contributed by atoms with Gasteiger partial charge in [-0.2, -0.15) is 0 Å². The predicted molar refractivity (Wildman–Crippen MR) is 59.0 cm³/mol. The van der Waals surface area contributed by atoms with Gasteiger partial charge in [0.1, 0.15) is 11.4 Å². The van der Waals surface area contributed by atoms with Crippen LogP contribution in [0.25, 0.3) is 11.3 Å². The highest BCUT2D eigenvalue weighted by molar-refractivity contribution is 5.58. The molecule has 16 heavy (non-hydrogen) atoms. The minimum absolute atomic E-state index is 0.111. The van der Waals surface area contributed by atoms with Gasteiger partial charge in [-0.1, -0.05) is 5.16 Å². The molecular weight excluding hydrogens is 206 g/mol. The second kappa shape index (κ2) is 4.81. The van der Waals surface area contributed by atoms with Crippen LogP contribution in [0.4, 0.5) is 0 Å². The molecule has 0 atom stereocenters. The van der Waals surface area contributed by atoms with Crippen LogP contribution in [0.2, 0.25) is 0 Å². The van der Waals surface area contributed by atoms with E-state index in [1.807, 2.05) is 31.2 Å². The minimum atomic E-state index is -0.111. The molecule has 2 rings (SSSR count). The average Bonchev–Trinajstić information content (AvgIpc) is 2.79. The van der Waals surface area contributed by atoms with E-state index in [0.29, 0.717) is 18.1 Å². The molecule has 0 spiro atoms. The van der Waals surface area contributed by atoms with Crippen molar-refractivity contribution in [3.8, 4) is 17.1 Å². The largest absolute Gasteiger partial charge is 0.494 e. The van der Waals surface area contributed by atoms with E-state index < -0.39 is 0 Å². The maximum atomic E-state index is 8.87. The van der Waals surface area contributed by atoms with Gasteiger partial charge in [0.25, 0.3) is 0 Å². The lowest BCUT2D eigenvalue weighted by Gasteiger charge is -2.02. The summed E-state index contributed by atoms with van der Waals surface area (Å²) in [6, 6.07) is 9.26. The van der Waals surface area contributed by atoms with Crippen molar-refractivity contribution in [1.82, 2.24) is 5.16 Å². The van der Waals surface area contributed by atoms with Crippen LogP contribution >= 0.6 is 0 Å². The van der Waals surface area contributed by atoms with Crippen LogP contribution in [0.5, 0.6) is 5.75 Å². The number of benzene rings is 1. The molecule has 1 heterocycles. The number of aliphatic hydroxyl groups is 1.